The van der Waals surface area contributed by atoms with Gasteiger partial charge in [0, 0.05) is 6.54 Å². The number of hydrogen-bond donors (Lipinski definition) is 1. The van der Waals surface area contributed by atoms with Gasteiger partial charge in [-0.25, -0.2) is 0 Å². The van der Waals surface area contributed by atoms with Gasteiger partial charge in [-0.1, -0.05) is 23.8 Å². The molecule has 150 valence electrons. The third-order valence-corrected chi connectivity index (χ3v) is 4.35. The smallest absolute Gasteiger partial charge is 0.307 e. The van der Waals surface area contributed by atoms with Crippen molar-refractivity contribution in [3.05, 3.63) is 64.7 Å². The largest absolute Gasteiger partial charge is 0.484 e. The summed E-state index contributed by atoms with van der Waals surface area (Å²) in [6.45, 7) is 1.54. The molecule has 1 aliphatic rings. The van der Waals surface area contributed by atoms with E-state index < -0.39 is 23.7 Å². The van der Waals surface area contributed by atoms with Gasteiger partial charge in [-0.05, 0) is 36.8 Å². The molecule has 0 unspecified atom stereocenters. The Balaban J connectivity index is 1.51. The molecule has 3 rings (SSSR count). The first-order valence-corrected chi connectivity index (χ1v) is 8.97. The molecule has 0 saturated carbocycles. The fraction of sp³-hybridized carbons (Fsp3) is 0.238. The average Bonchev–Trinajstić information content (AvgIpc) is 2.93. The maximum absolute atomic E-state index is 12.4. The quantitative estimate of drug-likeness (QED) is 0.535. The summed E-state index contributed by atoms with van der Waals surface area (Å²) in [7, 11) is 0. The number of carbonyl (C=O) groups excluding carboxylic acids is 4. The second-order valence-corrected chi connectivity index (χ2v) is 6.62. The molecule has 3 amide bonds. The van der Waals surface area contributed by atoms with E-state index >= 15 is 0 Å². The molecule has 2 aromatic carbocycles. The Morgan fingerprint density at radius 1 is 1.03 bits per heavy atom. The highest BCUT2D eigenvalue weighted by Gasteiger charge is 2.35. The zero-order valence-corrected chi connectivity index (χ0v) is 15.8. The van der Waals surface area contributed by atoms with E-state index in [0.717, 1.165) is 10.5 Å². The van der Waals surface area contributed by atoms with E-state index in [2.05, 4.69) is 0 Å². The van der Waals surface area contributed by atoms with E-state index in [4.69, 9.17) is 15.2 Å². The van der Waals surface area contributed by atoms with Crippen LogP contribution >= 0.6 is 0 Å². The van der Waals surface area contributed by atoms with Crippen LogP contribution in [0.15, 0.2) is 42.5 Å². The number of nitrogens with two attached hydrogens (primary N) is 1. The number of amides is 3. The van der Waals surface area contributed by atoms with Crippen LogP contribution in [-0.2, 0) is 20.9 Å². The molecule has 0 aliphatic carbocycles. The molecule has 2 N–H and O–H groups in total. The molecule has 0 fully saturated rings. The minimum Gasteiger partial charge on any atom is -0.484 e. The number of fused-ring (bicyclic) bond motifs is 1. The van der Waals surface area contributed by atoms with Crippen LogP contribution in [0.2, 0.25) is 0 Å². The molecule has 29 heavy (non-hydrogen) atoms. The maximum atomic E-state index is 12.4. The number of aryl methyl sites for hydroxylation is 1. The number of nitrogens with zero attached hydrogens (tertiary/aromatic N) is 1. The number of hydrogen-bond acceptors (Lipinski definition) is 6. The van der Waals surface area contributed by atoms with Crippen LogP contribution in [0.25, 0.3) is 0 Å². The molecule has 0 atom stereocenters. The second-order valence-electron chi connectivity index (χ2n) is 6.62. The van der Waals surface area contributed by atoms with Crippen LogP contribution in [0.5, 0.6) is 5.75 Å². The van der Waals surface area contributed by atoms with Crippen LogP contribution < -0.4 is 10.5 Å². The highest BCUT2D eigenvalue weighted by Crippen LogP contribution is 2.24. The van der Waals surface area contributed by atoms with E-state index in [1.165, 1.54) is 0 Å². The Bertz CT molecular complexity index is 985. The predicted octanol–water partition coefficient (Wildman–Crippen LogP) is 1.59. The Morgan fingerprint density at radius 3 is 2.55 bits per heavy atom. The molecule has 8 nitrogen and oxygen atoms in total. The summed E-state index contributed by atoms with van der Waals surface area (Å²) in [6.07, 6.45) is -0.109. The Hall–Kier alpha value is -3.68. The first-order chi connectivity index (χ1) is 13.8. The number of carbonyl (C=O) groups is 4. The third kappa shape index (κ3) is 4.78. The van der Waals surface area contributed by atoms with Crippen LogP contribution in [0.1, 0.15) is 38.3 Å². The molecular weight excluding hydrogens is 376 g/mol. The Kier molecular flexibility index (Phi) is 5.92. The fourth-order valence-corrected chi connectivity index (χ4v) is 2.93. The summed E-state index contributed by atoms with van der Waals surface area (Å²) in [5, 5.41) is 0. The highest BCUT2D eigenvalue weighted by atomic mass is 16.5. The van der Waals surface area contributed by atoms with Crippen molar-refractivity contribution in [2.45, 2.75) is 20.0 Å². The number of ether oxygens (including phenoxy) is 2. The van der Waals surface area contributed by atoms with Gasteiger partial charge >= 0.3 is 5.97 Å². The van der Waals surface area contributed by atoms with Gasteiger partial charge in [0.2, 0.25) is 0 Å². The first-order valence-electron chi connectivity index (χ1n) is 8.97. The van der Waals surface area contributed by atoms with Gasteiger partial charge in [-0.2, -0.15) is 0 Å². The lowest BCUT2D eigenvalue weighted by atomic mass is 10.1. The zero-order valence-electron chi connectivity index (χ0n) is 15.8. The lowest BCUT2D eigenvalue weighted by Gasteiger charge is -2.13. The number of rotatable bonds is 8. The lowest BCUT2D eigenvalue weighted by molar-refractivity contribution is -0.145. The molecular formula is C21H20N2O6. The van der Waals surface area contributed by atoms with E-state index in [0.29, 0.717) is 22.4 Å². The van der Waals surface area contributed by atoms with E-state index in [1.807, 2.05) is 6.92 Å². The number of primary amides is 1. The van der Waals surface area contributed by atoms with Gasteiger partial charge in [-0.15, -0.1) is 0 Å². The van der Waals surface area contributed by atoms with Crippen molar-refractivity contribution in [3.63, 3.8) is 0 Å². The maximum Gasteiger partial charge on any atom is 0.307 e. The van der Waals surface area contributed by atoms with Crippen molar-refractivity contribution >= 4 is 23.7 Å². The van der Waals surface area contributed by atoms with Gasteiger partial charge in [-0.3, -0.25) is 24.1 Å². The van der Waals surface area contributed by atoms with Crippen LogP contribution in [0.3, 0.4) is 0 Å². The highest BCUT2D eigenvalue weighted by molar-refractivity contribution is 6.21. The van der Waals surface area contributed by atoms with Crippen molar-refractivity contribution in [1.82, 2.24) is 4.90 Å². The number of benzene rings is 2. The predicted molar refractivity (Wildman–Crippen MR) is 102 cm³/mol. The SMILES string of the molecule is Cc1ccc2c(c1)C(=O)N(CCC(=O)OCc1cccc(OCC(N)=O)c1)C2=O. The van der Waals surface area contributed by atoms with Crippen molar-refractivity contribution in [2.75, 3.05) is 13.2 Å². The lowest BCUT2D eigenvalue weighted by Crippen LogP contribution is -2.32. The summed E-state index contributed by atoms with van der Waals surface area (Å²) in [4.78, 5) is 48.6. The molecule has 0 saturated heterocycles. The summed E-state index contributed by atoms with van der Waals surface area (Å²) >= 11 is 0. The molecule has 0 radical (unpaired) electrons. The summed E-state index contributed by atoms with van der Waals surface area (Å²) in [5.41, 5.74) is 7.28. The average molecular weight is 396 g/mol. The first kappa shape index (κ1) is 20.1. The molecule has 0 aromatic heterocycles. The standard InChI is InChI=1S/C21H20N2O6/c1-13-5-6-16-17(9-13)21(27)23(20(16)26)8-7-19(25)29-11-14-3-2-4-15(10-14)28-12-18(22)24/h2-6,9-10H,7-8,11-12H2,1H3,(H2,22,24). The van der Waals surface area contributed by atoms with E-state index in [-0.39, 0.29) is 26.2 Å². The fourth-order valence-electron chi connectivity index (χ4n) is 2.93. The number of imide groups is 1. The molecule has 8 heteroatoms. The van der Waals surface area contributed by atoms with E-state index in [1.54, 1.807) is 42.5 Å². The topological polar surface area (TPSA) is 116 Å². The molecule has 1 aliphatic heterocycles. The Labute approximate surface area is 167 Å². The van der Waals surface area contributed by atoms with Crippen LogP contribution in [-0.4, -0.2) is 41.7 Å². The minimum atomic E-state index is -0.592. The zero-order chi connectivity index (χ0) is 21.0. The van der Waals surface area contributed by atoms with Crippen LogP contribution in [0, 0.1) is 6.92 Å². The monoisotopic (exact) mass is 396 g/mol. The van der Waals surface area contributed by atoms with Crippen molar-refractivity contribution in [2.24, 2.45) is 5.73 Å². The third-order valence-electron chi connectivity index (χ3n) is 4.35. The van der Waals surface area contributed by atoms with Crippen molar-refractivity contribution in [1.29, 1.82) is 0 Å². The van der Waals surface area contributed by atoms with E-state index in [9.17, 15) is 19.2 Å². The van der Waals surface area contributed by atoms with Crippen LogP contribution in [0.4, 0.5) is 0 Å². The molecule has 0 bridgehead atoms. The normalized spacial score (nSPS) is 12.7. The second kappa shape index (κ2) is 8.55. The Morgan fingerprint density at radius 2 is 1.79 bits per heavy atom. The van der Waals surface area contributed by atoms with Gasteiger partial charge in [0.05, 0.1) is 17.5 Å². The summed E-state index contributed by atoms with van der Waals surface area (Å²) in [5.74, 6) is -1.51. The number of esters is 1. The molecule has 1 heterocycles. The van der Waals surface area contributed by atoms with Gasteiger partial charge in [0.1, 0.15) is 12.4 Å². The molecule has 0 spiro atoms. The molecule has 2 aromatic rings. The summed E-state index contributed by atoms with van der Waals surface area (Å²) < 4.78 is 10.4. The van der Waals surface area contributed by atoms with Crippen molar-refractivity contribution in [3.8, 4) is 5.75 Å². The summed E-state index contributed by atoms with van der Waals surface area (Å²) in [6, 6.07) is 11.8. The van der Waals surface area contributed by atoms with Crippen molar-refractivity contribution < 1.29 is 28.7 Å². The van der Waals surface area contributed by atoms with Gasteiger partial charge in [0.25, 0.3) is 17.7 Å². The minimum absolute atomic E-state index is 0.00603. The van der Waals surface area contributed by atoms with Gasteiger partial charge in [0.15, 0.2) is 6.61 Å². The van der Waals surface area contributed by atoms with Gasteiger partial charge < -0.3 is 15.2 Å².